The number of aryl methyl sites for hydroxylation is 1. The molecule has 0 aliphatic heterocycles. The minimum atomic E-state index is -0.243. The van der Waals surface area contributed by atoms with Crippen molar-refractivity contribution in [3.05, 3.63) is 71.2 Å². The van der Waals surface area contributed by atoms with Crippen LogP contribution in [0.1, 0.15) is 18.2 Å². The summed E-state index contributed by atoms with van der Waals surface area (Å²) in [6.45, 7) is 1.97. The molecule has 3 aromatic rings. The molecule has 0 saturated heterocycles. The number of rotatable bonds is 7. The van der Waals surface area contributed by atoms with Gasteiger partial charge in [-0.2, -0.15) is 0 Å². The highest BCUT2D eigenvalue weighted by Crippen LogP contribution is 2.23. The molecule has 3 rings (SSSR count). The summed E-state index contributed by atoms with van der Waals surface area (Å²) in [5, 5.41) is 8.25. The number of thiazole rings is 1. The summed E-state index contributed by atoms with van der Waals surface area (Å²) in [5.74, 6) is -0.466. The Bertz CT molecular complexity index is 922. The van der Waals surface area contributed by atoms with Gasteiger partial charge in [0.1, 0.15) is 5.01 Å². The van der Waals surface area contributed by atoms with Gasteiger partial charge in [-0.05, 0) is 18.1 Å². The molecule has 0 bridgehead atoms. The van der Waals surface area contributed by atoms with Crippen molar-refractivity contribution in [3.8, 4) is 10.6 Å². The fourth-order valence-electron chi connectivity index (χ4n) is 2.65. The molecule has 27 heavy (non-hydrogen) atoms. The van der Waals surface area contributed by atoms with Crippen LogP contribution in [0, 0.1) is 0 Å². The van der Waals surface area contributed by atoms with E-state index in [9.17, 15) is 9.59 Å². The summed E-state index contributed by atoms with van der Waals surface area (Å²) >= 11 is 1.50. The van der Waals surface area contributed by atoms with Gasteiger partial charge >= 0.3 is 0 Å². The van der Waals surface area contributed by atoms with E-state index in [-0.39, 0.29) is 24.8 Å². The molecule has 0 atom stereocenters. The van der Waals surface area contributed by atoms with Crippen LogP contribution in [0.25, 0.3) is 10.6 Å². The van der Waals surface area contributed by atoms with Gasteiger partial charge in [-0.1, -0.05) is 55.5 Å². The van der Waals surface area contributed by atoms with Crippen molar-refractivity contribution in [3.63, 3.8) is 0 Å². The molecule has 0 radical (unpaired) electrons. The number of hydrogen-bond acceptors (Lipinski definition) is 4. The number of aromatic nitrogens is 1. The lowest BCUT2D eigenvalue weighted by molar-refractivity contribution is -0.123. The smallest absolute Gasteiger partial charge is 0.243 e. The van der Waals surface area contributed by atoms with E-state index in [1.54, 1.807) is 0 Å². The Morgan fingerprint density at radius 1 is 1.00 bits per heavy atom. The Labute approximate surface area is 162 Å². The summed E-state index contributed by atoms with van der Waals surface area (Å²) in [5.41, 5.74) is 3.58. The maximum absolute atomic E-state index is 12.1. The largest absolute Gasteiger partial charge is 0.347 e. The average molecular weight is 379 g/mol. The highest BCUT2D eigenvalue weighted by Gasteiger charge is 2.11. The normalized spacial score (nSPS) is 10.4. The number of para-hydroxylation sites is 1. The summed E-state index contributed by atoms with van der Waals surface area (Å²) in [7, 11) is 0. The number of amides is 2. The number of carbonyl (C=O) groups excluding carboxylic acids is 2. The Balaban J connectivity index is 1.50. The zero-order valence-electron chi connectivity index (χ0n) is 15.1. The van der Waals surface area contributed by atoms with Crippen LogP contribution in [0.5, 0.6) is 0 Å². The second-order valence-corrected chi connectivity index (χ2v) is 6.88. The fraction of sp³-hybridized carbons (Fsp3) is 0.190. The lowest BCUT2D eigenvalue weighted by atomic mass is 10.1. The monoisotopic (exact) mass is 379 g/mol. The molecule has 1 heterocycles. The van der Waals surface area contributed by atoms with Crippen LogP contribution >= 0.6 is 11.3 Å². The molecule has 2 aromatic carbocycles. The van der Waals surface area contributed by atoms with E-state index >= 15 is 0 Å². The molecule has 6 heteroatoms. The Kier molecular flexibility index (Phi) is 6.33. The molecule has 0 unspecified atom stereocenters. The van der Waals surface area contributed by atoms with Crippen molar-refractivity contribution in [1.29, 1.82) is 0 Å². The molecular formula is C21H21N3O2S. The lowest BCUT2D eigenvalue weighted by Crippen LogP contribution is -2.34. The van der Waals surface area contributed by atoms with Crippen LogP contribution in [-0.4, -0.2) is 23.3 Å². The number of nitrogens with one attached hydrogen (secondary N) is 2. The van der Waals surface area contributed by atoms with Crippen molar-refractivity contribution in [2.45, 2.75) is 19.8 Å². The van der Waals surface area contributed by atoms with E-state index in [2.05, 4.69) is 15.6 Å². The molecule has 0 saturated carbocycles. The van der Waals surface area contributed by atoms with Crippen molar-refractivity contribution in [2.75, 3.05) is 11.9 Å². The Hall–Kier alpha value is -2.99. The first-order chi connectivity index (χ1) is 13.2. The molecule has 0 spiro atoms. The van der Waals surface area contributed by atoms with Crippen molar-refractivity contribution in [1.82, 2.24) is 10.3 Å². The van der Waals surface area contributed by atoms with E-state index in [4.69, 9.17) is 0 Å². The van der Waals surface area contributed by atoms with Gasteiger partial charge in [0.05, 0.1) is 18.7 Å². The summed E-state index contributed by atoms with van der Waals surface area (Å²) < 4.78 is 0. The van der Waals surface area contributed by atoms with Crippen LogP contribution in [-0.2, 0) is 22.4 Å². The SMILES string of the molecule is CCc1ccccc1NC(=O)CNC(=O)Cc1csc(-c2ccccc2)n1. The maximum atomic E-state index is 12.1. The van der Waals surface area contributed by atoms with Gasteiger partial charge in [-0.15, -0.1) is 11.3 Å². The summed E-state index contributed by atoms with van der Waals surface area (Å²) in [6, 6.07) is 17.5. The van der Waals surface area contributed by atoms with Gasteiger partial charge in [-0.3, -0.25) is 9.59 Å². The summed E-state index contributed by atoms with van der Waals surface area (Å²) in [4.78, 5) is 28.7. The number of nitrogens with zero attached hydrogens (tertiary/aromatic N) is 1. The van der Waals surface area contributed by atoms with E-state index in [0.29, 0.717) is 5.69 Å². The van der Waals surface area contributed by atoms with Gasteiger partial charge < -0.3 is 10.6 Å². The van der Waals surface area contributed by atoms with Crippen LogP contribution in [0.15, 0.2) is 60.0 Å². The van der Waals surface area contributed by atoms with Crippen molar-refractivity contribution >= 4 is 28.8 Å². The third-order valence-electron chi connectivity index (χ3n) is 4.03. The van der Waals surface area contributed by atoms with E-state index < -0.39 is 0 Å². The first kappa shape index (κ1) is 18.8. The predicted molar refractivity (Wildman–Crippen MR) is 109 cm³/mol. The topological polar surface area (TPSA) is 71.1 Å². The average Bonchev–Trinajstić information content (AvgIpc) is 3.16. The van der Waals surface area contributed by atoms with Crippen LogP contribution in [0.3, 0.4) is 0 Å². The van der Waals surface area contributed by atoms with E-state index in [0.717, 1.165) is 28.2 Å². The van der Waals surface area contributed by atoms with E-state index in [1.165, 1.54) is 11.3 Å². The van der Waals surface area contributed by atoms with Crippen molar-refractivity contribution in [2.24, 2.45) is 0 Å². The minimum absolute atomic E-state index is 0.0629. The highest BCUT2D eigenvalue weighted by atomic mass is 32.1. The van der Waals surface area contributed by atoms with Crippen molar-refractivity contribution < 1.29 is 9.59 Å². The Morgan fingerprint density at radius 3 is 2.52 bits per heavy atom. The second-order valence-electron chi connectivity index (χ2n) is 6.02. The predicted octanol–water partition coefficient (Wildman–Crippen LogP) is 3.67. The molecule has 0 aliphatic carbocycles. The van der Waals surface area contributed by atoms with Gasteiger partial charge in [0, 0.05) is 16.6 Å². The minimum Gasteiger partial charge on any atom is -0.347 e. The first-order valence-corrected chi connectivity index (χ1v) is 9.68. The van der Waals surface area contributed by atoms with Crippen LogP contribution in [0.4, 0.5) is 5.69 Å². The van der Waals surface area contributed by atoms with E-state index in [1.807, 2.05) is 66.9 Å². The van der Waals surface area contributed by atoms with Crippen LogP contribution in [0.2, 0.25) is 0 Å². The first-order valence-electron chi connectivity index (χ1n) is 8.80. The fourth-order valence-corrected chi connectivity index (χ4v) is 3.48. The zero-order chi connectivity index (χ0) is 19.1. The standard InChI is InChI=1S/C21H21N3O2S/c1-2-15-8-6-7-11-18(15)24-20(26)13-22-19(25)12-17-14-27-21(23-17)16-9-4-3-5-10-16/h3-11,14H,2,12-13H2,1H3,(H,22,25)(H,24,26). The third-order valence-corrected chi connectivity index (χ3v) is 4.97. The van der Waals surface area contributed by atoms with Gasteiger partial charge in [-0.25, -0.2) is 4.98 Å². The molecule has 5 nitrogen and oxygen atoms in total. The molecule has 1 aromatic heterocycles. The van der Waals surface area contributed by atoms with Gasteiger partial charge in [0.25, 0.3) is 0 Å². The quantitative estimate of drug-likeness (QED) is 0.658. The second kappa shape index (κ2) is 9.09. The highest BCUT2D eigenvalue weighted by molar-refractivity contribution is 7.13. The number of carbonyl (C=O) groups is 2. The van der Waals surface area contributed by atoms with Gasteiger partial charge in [0.15, 0.2) is 0 Å². The number of benzene rings is 2. The summed E-state index contributed by atoms with van der Waals surface area (Å²) in [6.07, 6.45) is 0.985. The molecule has 2 amide bonds. The molecular weight excluding hydrogens is 358 g/mol. The lowest BCUT2D eigenvalue weighted by Gasteiger charge is -2.10. The molecule has 0 aliphatic rings. The number of hydrogen-bond donors (Lipinski definition) is 2. The molecule has 138 valence electrons. The molecule has 0 fully saturated rings. The third kappa shape index (κ3) is 5.24. The molecule has 2 N–H and O–H groups in total. The zero-order valence-corrected chi connectivity index (χ0v) is 15.9. The Morgan fingerprint density at radius 2 is 1.74 bits per heavy atom. The maximum Gasteiger partial charge on any atom is 0.243 e. The van der Waals surface area contributed by atoms with Crippen LogP contribution < -0.4 is 10.6 Å². The number of anilines is 1. The van der Waals surface area contributed by atoms with Gasteiger partial charge in [0.2, 0.25) is 11.8 Å².